The minimum atomic E-state index is -3.58. The number of benzene rings is 2. The number of amides is 1. The highest BCUT2D eigenvalue weighted by molar-refractivity contribution is 7.89. The number of carbonyl (C=O) groups is 1. The summed E-state index contributed by atoms with van der Waals surface area (Å²) in [4.78, 5) is 25.1. The molecule has 1 aliphatic rings. The Morgan fingerprint density at radius 3 is 2.41 bits per heavy atom. The number of aromatic nitrogens is 2. The van der Waals surface area contributed by atoms with E-state index in [-0.39, 0.29) is 17.0 Å². The maximum atomic E-state index is 13.0. The van der Waals surface area contributed by atoms with Crippen molar-refractivity contribution >= 4 is 32.4 Å². The van der Waals surface area contributed by atoms with Crippen LogP contribution in [-0.2, 0) is 21.4 Å². The molecule has 2 atom stereocenters. The van der Waals surface area contributed by atoms with Crippen molar-refractivity contribution < 1.29 is 13.2 Å². The van der Waals surface area contributed by atoms with Crippen LogP contribution in [0.25, 0.3) is 10.8 Å². The van der Waals surface area contributed by atoms with Crippen LogP contribution in [0.5, 0.6) is 0 Å². The Kier molecular flexibility index (Phi) is 6.12. The molecule has 1 aromatic heterocycles. The zero-order valence-corrected chi connectivity index (χ0v) is 18.9. The average Bonchev–Trinajstić information content (AvgIpc) is 2.75. The van der Waals surface area contributed by atoms with E-state index >= 15 is 0 Å². The first-order valence-corrected chi connectivity index (χ1v) is 12.0. The number of carbonyl (C=O) groups excluding carboxylic acids is 1. The Morgan fingerprint density at radius 1 is 1.06 bits per heavy atom. The fraction of sp³-hybridized carbons (Fsp3) is 0.348. The second-order valence-corrected chi connectivity index (χ2v) is 10.5. The first-order valence-electron chi connectivity index (χ1n) is 10.6. The predicted octanol–water partition coefficient (Wildman–Crippen LogP) is 2.70. The number of rotatable bonds is 5. The monoisotopic (exact) mass is 454 g/mol. The molecule has 0 aliphatic carbocycles. The summed E-state index contributed by atoms with van der Waals surface area (Å²) in [6.07, 6.45) is 2.57. The van der Waals surface area contributed by atoms with Gasteiger partial charge in [0.15, 0.2) is 0 Å². The fourth-order valence-electron chi connectivity index (χ4n) is 4.24. The van der Waals surface area contributed by atoms with E-state index in [2.05, 4.69) is 24.3 Å². The van der Waals surface area contributed by atoms with Crippen LogP contribution in [0.3, 0.4) is 0 Å². The van der Waals surface area contributed by atoms with E-state index in [1.807, 2.05) is 6.07 Å². The van der Waals surface area contributed by atoms with Gasteiger partial charge in [0, 0.05) is 24.2 Å². The molecule has 4 rings (SSSR count). The van der Waals surface area contributed by atoms with Gasteiger partial charge in [-0.1, -0.05) is 32.0 Å². The Bertz CT molecular complexity index is 1290. The molecule has 1 N–H and O–H groups in total. The van der Waals surface area contributed by atoms with Crippen LogP contribution in [0.15, 0.2) is 64.4 Å². The van der Waals surface area contributed by atoms with Gasteiger partial charge in [-0.25, -0.2) is 13.1 Å². The second kappa shape index (κ2) is 8.84. The standard InChI is InChI=1S/C23H26N4O4S/c1-16-11-17(2)14-26(13-16)32(30,31)20-9-7-19(8-10-20)25-22(28)15-27-23(29)21-6-4-3-5-18(21)12-24-27/h3-10,12,16-17H,11,13-15H2,1-2H3,(H,25,28). The normalized spacial score (nSPS) is 19.7. The third-order valence-electron chi connectivity index (χ3n) is 5.67. The molecule has 1 amide bonds. The highest BCUT2D eigenvalue weighted by Gasteiger charge is 2.31. The van der Waals surface area contributed by atoms with Crippen molar-refractivity contribution in [1.29, 1.82) is 0 Å². The summed E-state index contributed by atoms with van der Waals surface area (Å²) < 4.78 is 28.6. The quantitative estimate of drug-likeness (QED) is 0.639. The summed E-state index contributed by atoms with van der Waals surface area (Å²) in [5, 5.41) is 7.95. The third-order valence-corrected chi connectivity index (χ3v) is 7.51. The molecule has 1 aliphatic heterocycles. The van der Waals surface area contributed by atoms with Crippen molar-refractivity contribution in [2.45, 2.75) is 31.7 Å². The maximum Gasteiger partial charge on any atom is 0.275 e. The highest BCUT2D eigenvalue weighted by atomic mass is 32.2. The average molecular weight is 455 g/mol. The van der Waals surface area contributed by atoms with Gasteiger partial charge in [-0.05, 0) is 48.6 Å². The van der Waals surface area contributed by atoms with Crippen molar-refractivity contribution in [2.75, 3.05) is 18.4 Å². The van der Waals surface area contributed by atoms with Gasteiger partial charge < -0.3 is 5.32 Å². The lowest BCUT2D eigenvalue weighted by Crippen LogP contribution is -2.42. The largest absolute Gasteiger partial charge is 0.324 e. The first-order chi connectivity index (χ1) is 15.2. The smallest absolute Gasteiger partial charge is 0.275 e. The minimum Gasteiger partial charge on any atom is -0.324 e. The summed E-state index contributed by atoms with van der Waals surface area (Å²) in [5.41, 5.74) is 0.104. The number of fused-ring (bicyclic) bond motifs is 1. The Morgan fingerprint density at radius 2 is 1.72 bits per heavy atom. The van der Waals surface area contributed by atoms with E-state index in [4.69, 9.17) is 0 Å². The molecule has 8 nitrogen and oxygen atoms in total. The van der Waals surface area contributed by atoms with Gasteiger partial charge >= 0.3 is 0 Å². The second-order valence-electron chi connectivity index (χ2n) is 8.54. The number of sulfonamides is 1. The molecule has 0 spiro atoms. The van der Waals surface area contributed by atoms with E-state index in [1.54, 1.807) is 36.5 Å². The highest BCUT2D eigenvalue weighted by Crippen LogP contribution is 2.27. The van der Waals surface area contributed by atoms with Crippen LogP contribution < -0.4 is 10.9 Å². The maximum absolute atomic E-state index is 13.0. The number of anilines is 1. The number of nitrogens with one attached hydrogen (secondary N) is 1. The van der Waals surface area contributed by atoms with Crippen molar-refractivity contribution in [3.63, 3.8) is 0 Å². The lowest BCUT2D eigenvalue weighted by molar-refractivity contribution is -0.117. The molecule has 9 heteroatoms. The molecule has 2 aromatic carbocycles. The zero-order valence-electron chi connectivity index (χ0n) is 18.1. The van der Waals surface area contributed by atoms with Gasteiger partial charge in [-0.2, -0.15) is 9.40 Å². The van der Waals surface area contributed by atoms with Crippen molar-refractivity contribution in [1.82, 2.24) is 14.1 Å². The Hall–Kier alpha value is -3.04. The lowest BCUT2D eigenvalue weighted by Gasteiger charge is -2.34. The Labute approximate surface area is 186 Å². The van der Waals surface area contributed by atoms with Gasteiger partial charge in [0.25, 0.3) is 5.56 Å². The van der Waals surface area contributed by atoms with Crippen LogP contribution in [0.4, 0.5) is 5.69 Å². The molecule has 32 heavy (non-hydrogen) atoms. The van der Waals surface area contributed by atoms with E-state index in [1.165, 1.54) is 16.4 Å². The number of nitrogens with zero attached hydrogens (tertiary/aromatic N) is 3. The van der Waals surface area contributed by atoms with Crippen molar-refractivity contribution in [2.24, 2.45) is 11.8 Å². The molecule has 0 saturated carbocycles. The number of piperidine rings is 1. The molecule has 0 bridgehead atoms. The molecule has 2 unspecified atom stereocenters. The van der Waals surface area contributed by atoms with E-state index in [9.17, 15) is 18.0 Å². The summed E-state index contributed by atoms with van der Waals surface area (Å²) in [5.74, 6) is 0.211. The van der Waals surface area contributed by atoms with Gasteiger partial charge in [0.2, 0.25) is 15.9 Å². The van der Waals surface area contributed by atoms with Gasteiger partial charge in [0.05, 0.1) is 16.5 Å². The Balaban J connectivity index is 1.45. The molecular weight excluding hydrogens is 428 g/mol. The van der Waals surface area contributed by atoms with Crippen LogP contribution in [-0.4, -0.2) is 41.5 Å². The fourth-order valence-corrected chi connectivity index (χ4v) is 5.92. The van der Waals surface area contributed by atoms with Gasteiger partial charge in [-0.3, -0.25) is 9.59 Å². The topological polar surface area (TPSA) is 101 Å². The molecule has 168 valence electrons. The van der Waals surface area contributed by atoms with E-state index in [0.717, 1.165) is 11.1 Å². The van der Waals surface area contributed by atoms with E-state index in [0.29, 0.717) is 41.4 Å². The number of hydrogen-bond acceptors (Lipinski definition) is 5. The SMILES string of the molecule is CC1CC(C)CN(S(=O)(=O)c2ccc(NC(=O)Cn3ncc4ccccc4c3=O)cc2)C1. The zero-order chi connectivity index (χ0) is 22.9. The molecular formula is C23H26N4O4S. The molecule has 0 radical (unpaired) electrons. The lowest BCUT2D eigenvalue weighted by atomic mass is 9.94. The van der Waals surface area contributed by atoms with Crippen LogP contribution in [0, 0.1) is 11.8 Å². The summed E-state index contributed by atoms with van der Waals surface area (Å²) in [6, 6.07) is 13.2. The van der Waals surface area contributed by atoms with Crippen LogP contribution >= 0.6 is 0 Å². The molecule has 1 fully saturated rings. The van der Waals surface area contributed by atoms with Crippen LogP contribution in [0.1, 0.15) is 20.3 Å². The van der Waals surface area contributed by atoms with Gasteiger partial charge in [-0.15, -0.1) is 0 Å². The first kappa shape index (κ1) is 22.2. The third kappa shape index (κ3) is 4.58. The predicted molar refractivity (Wildman–Crippen MR) is 123 cm³/mol. The molecule has 2 heterocycles. The summed E-state index contributed by atoms with van der Waals surface area (Å²) in [7, 11) is -3.58. The minimum absolute atomic E-state index is 0.198. The van der Waals surface area contributed by atoms with Crippen molar-refractivity contribution in [3.8, 4) is 0 Å². The summed E-state index contributed by atoms with van der Waals surface area (Å²) >= 11 is 0. The summed E-state index contributed by atoms with van der Waals surface area (Å²) in [6.45, 7) is 4.91. The van der Waals surface area contributed by atoms with E-state index < -0.39 is 15.9 Å². The van der Waals surface area contributed by atoms with Gasteiger partial charge in [0.1, 0.15) is 6.54 Å². The number of hydrogen-bond donors (Lipinski definition) is 1. The molecule has 3 aromatic rings. The molecule has 1 saturated heterocycles. The van der Waals surface area contributed by atoms with Crippen LogP contribution in [0.2, 0.25) is 0 Å². The van der Waals surface area contributed by atoms with Crippen molar-refractivity contribution in [3.05, 3.63) is 65.1 Å².